The Hall–Kier alpha value is -2.60. The molecule has 1 aromatic carbocycles. The maximum Gasteiger partial charge on any atom is 0.191 e. The molecule has 164 valence electrons. The molecule has 30 heavy (non-hydrogen) atoms. The fourth-order valence-electron chi connectivity index (χ4n) is 3.27. The van der Waals surface area contributed by atoms with Crippen LogP contribution in [-0.2, 0) is 11.3 Å². The second kappa shape index (κ2) is 12.9. The molecule has 0 saturated heterocycles. The van der Waals surface area contributed by atoms with Crippen LogP contribution in [0.3, 0.4) is 0 Å². The van der Waals surface area contributed by atoms with Gasteiger partial charge in [-0.25, -0.2) is 0 Å². The molecule has 0 aliphatic rings. The third kappa shape index (κ3) is 7.67. The first-order valence-corrected chi connectivity index (χ1v) is 10.6. The Kier molecular flexibility index (Phi) is 10.1. The minimum Gasteiger partial charge on any atom is -0.493 e. The van der Waals surface area contributed by atoms with Crippen molar-refractivity contribution in [2.75, 3.05) is 33.9 Å². The van der Waals surface area contributed by atoms with Crippen LogP contribution in [0, 0.1) is 12.8 Å². The Balaban J connectivity index is 1.95. The van der Waals surface area contributed by atoms with E-state index < -0.39 is 0 Å². The molecule has 0 aliphatic carbocycles. The van der Waals surface area contributed by atoms with Crippen LogP contribution in [0.1, 0.15) is 42.9 Å². The molecule has 6 heteroatoms. The summed E-state index contributed by atoms with van der Waals surface area (Å²) < 4.78 is 11.1. The number of ether oxygens (including phenoxy) is 2. The van der Waals surface area contributed by atoms with Gasteiger partial charge in [0.25, 0.3) is 0 Å². The number of nitrogens with one attached hydrogen (secondary N) is 2. The number of hydrogen-bond acceptors (Lipinski definition) is 4. The fraction of sp³-hybridized carbons (Fsp3) is 0.500. The number of aryl methyl sites for hydroxylation is 1. The second-order valence-electron chi connectivity index (χ2n) is 7.75. The molecule has 2 aromatic rings. The fourth-order valence-corrected chi connectivity index (χ4v) is 3.27. The summed E-state index contributed by atoms with van der Waals surface area (Å²) in [5, 5.41) is 6.88. The molecule has 1 unspecified atom stereocenters. The highest BCUT2D eigenvalue weighted by atomic mass is 16.5. The molecule has 6 nitrogen and oxygen atoms in total. The van der Waals surface area contributed by atoms with Crippen molar-refractivity contribution in [1.29, 1.82) is 0 Å². The SMILES string of the molecule is CN=C(NCc1ccc(C)cc1OCCCOC)NCC(c1cccnc1)C(C)C. The Morgan fingerprint density at radius 2 is 2.00 bits per heavy atom. The number of rotatable bonds is 11. The van der Waals surface area contributed by atoms with Crippen LogP contribution >= 0.6 is 0 Å². The first kappa shape index (κ1) is 23.7. The van der Waals surface area contributed by atoms with E-state index in [0.29, 0.717) is 31.6 Å². The van der Waals surface area contributed by atoms with Gasteiger partial charge in [-0.1, -0.05) is 32.0 Å². The molecule has 1 heterocycles. The molecule has 1 aromatic heterocycles. The largest absolute Gasteiger partial charge is 0.493 e. The quantitative estimate of drug-likeness (QED) is 0.333. The summed E-state index contributed by atoms with van der Waals surface area (Å²) in [6.45, 7) is 9.30. The summed E-state index contributed by atoms with van der Waals surface area (Å²) in [5.74, 6) is 2.53. The summed E-state index contributed by atoms with van der Waals surface area (Å²) in [7, 11) is 3.50. The zero-order valence-electron chi connectivity index (χ0n) is 18.9. The Labute approximate surface area is 181 Å². The van der Waals surface area contributed by atoms with Crippen molar-refractivity contribution in [2.45, 2.75) is 39.7 Å². The monoisotopic (exact) mass is 412 g/mol. The predicted octanol–water partition coefficient (Wildman–Crippen LogP) is 3.91. The number of aromatic nitrogens is 1. The van der Waals surface area contributed by atoms with E-state index in [1.807, 2.05) is 18.5 Å². The van der Waals surface area contributed by atoms with Gasteiger partial charge in [0.2, 0.25) is 0 Å². The lowest BCUT2D eigenvalue weighted by atomic mass is 9.89. The zero-order valence-corrected chi connectivity index (χ0v) is 18.9. The Morgan fingerprint density at radius 3 is 2.67 bits per heavy atom. The standard InChI is InChI=1S/C24H36N4O2/c1-18(2)22(20-8-6-11-26-15-20)17-28-24(25-4)27-16-21-10-9-19(3)14-23(21)30-13-7-12-29-5/h6,8-11,14-15,18,22H,7,12-13,16-17H2,1-5H3,(H2,25,27,28). The van der Waals surface area contributed by atoms with E-state index in [-0.39, 0.29) is 0 Å². The molecular weight excluding hydrogens is 376 g/mol. The zero-order chi connectivity index (χ0) is 21.8. The van der Waals surface area contributed by atoms with E-state index in [2.05, 4.69) is 65.6 Å². The Bertz CT molecular complexity index is 778. The third-order valence-electron chi connectivity index (χ3n) is 5.05. The molecule has 0 aliphatic heterocycles. The maximum absolute atomic E-state index is 5.99. The molecule has 1 atom stereocenters. The number of guanidine groups is 1. The number of benzene rings is 1. The van der Waals surface area contributed by atoms with Gasteiger partial charge < -0.3 is 20.1 Å². The van der Waals surface area contributed by atoms with E-state index in [9.17, 15) is 0 Å². The van der Waals surface area contributed by atoms with Gasteiger partial charge in [-0.3, -0.25) is 9.98 Å². The molecule has 2 N–H and O–H groups in total. The van der Waals surface area contributed by atoms with Crippen molar-refractivity contribution in [1.82, 2.24) is 15.6 Å². The van der Waals surface area contributed by atoms with Gasteiger partial charge in [0.15, 0.2) is 5.96 Å². The summed E-state index contributed by atoms with van der Waals surface area (Å²) in [4.78, 5) is 8.65. The highest BCUT2D eigenvalue weighted by molar-refractivity contribution is 5.79. The van der Waals surface area contributed by atoms with E-state index in [4.69, 9.17) is 9.47 Å². The molecular formula is C24H36N4O2. The summed E-state index contributed by atoms with van der Waals surface area (Å²) in [6.07, 6.45) is 4.62. The van der Waals surface area contributed by atoms with Gasteiger partial charge in [-0.2, -0.15) is 0 Å². The molecule has 0 amide bonds. The third-order valence-corrected chi connectivity index (χ3v) is 5.05. The average Bonchev–Trinajstić information content (AvgIpc) is 2.75. The number of aliphatic imine (C=N–C) groups is 1. The molecule has 0 spiro atoms. The number of pyridine rings is 1. The average molecular weight is 413 g/mol. The first-order valence-electron chi connectivity index (χ1n) is 10.6. The van der Waals surface area contributed by atoms with E-state index >= 15 is 0 Å². The van der Waals surface area contributed by atoms with E-state index in [1.54, 1.807) is 14.2 Å². The molecule has 0 bridgehead atoms. The van der Waals surface area contributed by atoms with Gasteiger partial charge in [-0.15, -0.1) is 0 Å². The van der Waals surface area contributed by atoms with Crippen LogP contribution < -0.4 is 15.4 Å². The van der Waals surface area contributed by atoms with Crippen molar-refractivity contribution in [3.05, 3.63) is 59.4 Å². The lowest BCUT2D eigenvalue weighted by Gasteiger charge is -2.23. The normalized spacial score (nSPS) is 12.7. The highest BCUT2D eigenvalue weighted by Crippen LogP contribution is 2.23. The van der Waals surface area contributed by atoms with Crippen LogP contribution in [0.25, 0.3) is 0 Å². The van der Waals surface area contributed by atoms with Crippen molar-refractivity contribution >= 4 is 5.96 Å². The molecule has 0 saturated carbocycles. The van der Waals surface area contributed by atoms with Crippen LogP contribution in [0.5, 0.6) is 5.75 Å². The van der Waals surface area contributed by atoms with Crippen molar-refractivity contribution < 1.29 is 9.47 Å². The maximum atomic E-state index is 5.99. The van der Waals surface area contributed by atoms with Gasteiger partial charge in [0.1, 0.15) is 5.75 Å². The lowest BCUT2D eigenvalue weighted by molar-refractivity contribution is 0.171. The topological polar surface area (TPSA) is 67.8 Å². The predicted molar refractivity (Wildman–Crippen MR) is 123 cm³/mol. The number of nitrogens with zero attached hydrogens (tertiary/aromatic N) is 2. The minimum atomic E-state index is 0.358. The van der Waals surface area contributed by atoms with Gasteiger partial charge in [0, 0.05) is 64.1 Å². The molecule has 0 fully saturated rings. The molecule has 0 radical (unpaired) electrons. The first-order chi connectivity index (χ1) is 14.5. The van der Waals surface area contributed by atoms with E-state index in [0.717, 1.165) is 30.2 Å². The van der Waals surface area contributed by atoms with Crippen molar-refractivity contribution in [2.24, 2.45) is 10.9 Å². The van der Waals surface area contributed by atoms with Crippen molar-refractivity contribution in [3.8, 4) is 5.75 Å². The van der Waals surface area contributed by atoms with Gasteiger partial charge >= 0.3 is 0 Å². The summed E-state index contributed by atoms with van der Waals surface area (Å²) >= 11 is 0. The van der Waals surface area contributed by atoms with Gasteiger partial charge in [-0.05, 0) is 36.1 Å². The Morgan fingerprint density at radius 1 is 1.17 bits per heavy atom. The van der Waals surface area contributed by atoms with Crippen LogP contribution in [0.15, 0.2) is 47.7 Å². The van der Waals surface area contributed by atoms with Gasteiger partial charge in [0.05, 0.1) is 6.61 Å². The van der Waals surface area contributed by atoms with Crippen LogP contribution in [0.2, 0.25) is 0 Å². The van der Waals surface area contributed by atoms with Crippen molar-refractivity contribution in [3.63, 3.8) is 0 Å². The number of hydrogen-bond donors (Lipinski definition) is 2. The number of methoxy groups -OCH3 is 1. The smallest absolute Gasteiger partial charge is 0.191 e. The summed E-state index contributed by atoms with van der Waals surface area (Å²) in [6, 6.07) is 10.4. The summed E-state index contributed by atoms with van der Waals surface area (Å²) in [5.41, 5.74) is 3.52. The lowest BCUT2D eigenvalue weighted by Crippen LogP contribution is -2.39. The highest BCUT2D eigenvalue weighted by Gasteiger charge is 2.16. The molecule has 2 rings (SSSR count). The minimum absolute atomic E-state index is 0.358. The van der Waals surface area contributed by atoms with Crippen LogP contribution in [0.4, 0.5) is 0 Å². The second-order valence-corrected chi connectivity index (χ2v) is 7.75. The van der Waals surface area contributed by atoms with Crippen LogP contribution in [-0.4, -0.2) is 44.9 Å². The van der Waals surface area contributed by atoms with E-state index in [1.165, 1.54) is 11.1 Å².